The van der Waals surface area contributed by atoms with Crippen LogP contribution in [0.5, 0.6) is 0 Å². The van der Waals surface area contributed by atoms with Gasteiger partial charge in [-0.1, -0.05) is 35.9 Å². The highest BCUT2D eigenvalue weighted by Crippen LogP contribution is 2.24. The van der Waals surface area contributed by atoms with E-state index in [2.05, 4.69) is 0 Å². The molecule has 0 spiro atoms. The predicted molar refractivity (Wildman–Crippen MR) is 77.8 cm³/mol. The van der Waals surface area contributed by atoms with E-state index in [1.54, 1.807) is 17.8 Å². The van der Waals surface area contributed by atoms with Crippen molar-refractivity contribution in [2.24, 2.45) is 0 Å². The van der Waals surface area contributed by atoms with Crippen molar-refractivity contribution in [1.82, 2.24) is 0 Å². The minimum absolute atomic E-state index is 0.0156. The first-order valence-electron chi connectivity index (χ1n) is 5.57. The molecular weight excluding hydrogens is 264 g/mol. The molecule has 0 heterocycles. The lowest BCUT2D eigenvalue weighted by Crippen LogP contribution is -2.03. The topological polar surface area (TPSA) is 17.1 Å². The van der Waals surface area contributed by atoms with Crippen molar-refractivity contribution in [2.45, 2.75) is 11.8 Å². The van der Waals surface area contributed by atoms with Crippen LogP contribution in [0.4, 0.5) is 0 Å². The lowest BCUT2D eigenvalue weighted by molar-refractivity contribution is 0.103. The third-order valence-electron chi connectivity index (χ3n) is 2.79. The fourth-order valence-electron chi connectivity index (χ4n) is 1.72. The molecule has 0 saturated heterocycles. The van der Waals surface area contributed by atoms with Crippen LogP contribution in [0.1, 0.15) is 21.5 Å². The molecular formula is C15H13ClOS. The van der Waals surface area contributed by atoms with Gasteiger partial charge in [-0.2, -0.15) is 0 Å². The van der Waals surface area contributed by atoms with Gasteiger partial charge in [-0.15, -0.1) is 11.8 Å². The first-order valence-corrected chi connectivity index (χ1v) is 7.17. The number of carbonyl (C=O) groups is 1. The molecule has 0 amide bonds. The van der Waals surface area contributed by atoms with Crippen LogP contribution >= 0.6 is 23.4 Å². The maximum Gasteiger partial charge on any atom is 0.194 e. The number of hydrogen-bond donors (Lipinski definition) is 0. The lowest BCUT2D eigenvalue weighted by atomic mass is 10.0. The van der Waals surface area contributed by atoms with Crippen LogP contribution in [0.3, 0.4) is 0 Å². The summed E-state index contributed by atoms with van der Waals surface area (Å²) in [7, 11) is 0. The van der Waals surface area contributed by atoms with Crippen LogP contribution in [-0.2, 0) is 0 Å². The molecule has 18 heavy (non-hydrogen) atoms. The number of carbonyl (C=O) groups excluding carboxylic acids is 1. The molecule has 2 rings (SSSR count). The van der Waals surface area contributed by atoms with Crippen LogP contribution in [0, 0.1) is 6.92 Å². The van der Waals surface area contributed by atoms with Gasteiger partial charge < -0.3 is 0 Å². The van der Waals surface area contributed by atoms with Crippen molar-refractivity contribution >= 4 is 29.1 Å². The largest absolute Gasteiger partial charge is 0.289 e. The summed E-state index contributed by atoms with van der Waals surface area (Å²) in [6, 6.07) is 13.0. The van der Waals surface area contributed by atoms with Crippen LogP contribution in [-0.4, -0.2) is 12.0 Å². The van der Waals surface area contributed by atoms with E-state index >= 15 is 0 Å². The quantitative estimate of drug-likeness (QED) is 0.602. The zero-order chi connectivity index (χ0) is 13.1. The van der Waals surface area contributed by atoms with E-state index in [0.29, 0.717) is 10.6 Å². The van der Waals surface area contributed by atoms with Crippen LogP contribution in [0.25, 0.3) is 0 Å². The van der Waals surface area contributed by atoms with Crippen molar-refractivity contribution in [2.75, 3.05) is 6.26 Å². The van der Waals surface area contributed by atoms with Gasteiger partial charge in [0.2, 0.25) is 0 Å². The Morgan fingerprint density at radius 3 is 2.56 bits per heavy atom. The normalized spacial score (nSPS) is 10.4. The molecule has 0 aliphatic rings. The summed E-state index contributed by atoms with van der Waals surface area (Å²) in [5.74, 6) is 0.0156. The van der Waals surface area contributed by atoms with Gasteiger partial charge in [0, 0.05) is 21.0 Å². The summed E-state index contributed by atoms with van der Waals surface area (Å²) in [6.45, 7) is 1.92. The van der Waals surface area contributed by atoms with Gasteiger partial charge >= 0.3 is 0 Å². The van der Waals surface area contributed by atoms with Crippen molar-refractivity contribution in [3.05, 3.63) is 64.2 Å². The average Bonchev–Trinajstić information content (AvgIpc) is 2.41. The molecule has 0 aliphatic heterocycles. The zero-order valence-corrected chi connectivity index (χ0v) is 11.8. The Labute approximate surface area is 116 Å². The molecule has 0 aliphatic carbocycles. The molecule has 0 atom stereocenters. The van der Waals surface area contributed by atoms with E-state index in [-0.39, 0.29) is 5.78 Å². The number of ketones is 1. The number of hydrogen-bond acceptors (Lipinski definition) is 2. The molecule has 0 fully saturated rings. The summed E-state index contributed by atoms with van der Waals surface area (Å²) >= 11 is 7.63. The summed E-state index contributed by atoms with van der Waals surface area (Å²) in [6.07, 6.45) is 1.97. The number of rotatable bonds is 3. The third-order valence-corrected chi connectivity index (χ3v) is 3.99. The maximum atomic E-state index is 12.4. The van der Waals surface area contributed by atoms with Crippen molar-refractivity contribution in [3.8, 4) is 0 Å². The van der Waals surface area contributed by atoms with Gasteiger partial charge in [0.1, 0.15) is 0 Å². The van der Waals surface area contributed by atoms with Crippen molar-refractivity contribution in [3.63, 3.8) is 0 Å². The maximum absolute atomic E-state index is 12.4. The summed E-state index contributed by atoms with van der Waals surface area (Å²) in [5, 5.41) is 0.627. The van der Waals surface area contributed by atoms with Crippen LogP contribution < -0.4 is 0 Å². The van der Waals surface area contributed by atoms with Gasteiger partial charge in [-0.3, -0.25) is 4.79 Å². The monoisotopic (exact) mass is 276 g/mol. The Hall–Kier alpha value is -1.25. The lowest BCUT2D eigenvalue weighted by Gasteiger charge is -2.07. The van der Waals surface area contributed by atoms with E-state index < -0.39 is 0 Å². The Morgan fingerprint density at radius 2 is 1.89 bits per heavy atom. The SMILES string of the molecule is CSc1ccccc1C(=O)c1ccc(C)c(Cl)c1. The summed E-state index contributed by atoms with van der Waals surface area (Å²) in [4.78, 5) is 13.4. The minimum atomic E-state index is 0.0156. The second kappa shape index (κ2) is 5.59. The van der Waals surface area contributed by atoms with Gasteiger partial charge in [0.15, 0.2) is 5.78 Å². The van der Waals surface area contributed by atoms with Crippen molar-refractivity contribution in [1.29, 1.82) is 0 Å². The van der Waals surface area contributed by atoms with Crippen LogP contribution in [0.15, 0.2) is 47.4 Å². The zero-order valence-electron chi connectivity index (χ0n) is 10.2. The molecule has 0 saturated carbocycles. The fraction of sp³-hybridized carbons (Fsp3) is 0.133. The first-order chi connectivity index (χ1) is 8.63. The molecule has 0 bridgehead atoms. The van der Waals surface area contributed by atoms with E-state index in [0.717, 1.165) is 16.0 Å². The summed E-state index contributed by atoms with van der Waals surface area (Å²) < 4.78 is 0. The smallest absolute Gasteiger partial charge is 0.194 e. The molecule has 3 heteroatoms. The molecule has 1 nitrogen and oxygen atoms in total. The highest BCUT2D eigenvalue weighted by atomic mass is 35.5. The summed E-state index contributed by atoms with van der Waals surface area (Å²) in [5.41, 5.74) is 2.34. The van der Waals surface area contributed by atoms with Gasteiger partial charge in [-0.25, -0.2) is 0 Å². The Balaban J connectivity index is 2.44. The average molecular weight is 277 g/mol. The van der Waals surface area contributed by atoms with Crippen molar-refractivity contribution < 1.29 is 4.79 Å². The molecule has 0 N–H and O–H groups in total. The molecule has 92 valence electrons. The number of thioether (sulfide) groups is 1. The third kappa shape index (κ3) is 2.60. The highest BCUT2D eigenvalue weighted by Gasteiger charge is 2.13. The Bertz CT molecular complexity index is 593. The van der Waals surface area contributed by atoms with E-state index in [9.17, 15) is 4.79 Å². The molecule has 2 aromatic rings. The van der Waals surface area contributed by atoms with Crippen LogP contribution in [0.2, 0.25) is 5.02 Å². The van der Waals surface area contributed by atoms with E-state index in [4.69, 9.17) is 11.6 Å². The second-order valence-corrected chi connectivity index (χ2v) is 5.25. The minimum Gasteiger partial charge on any atom is -0.289 e. The Morgan fingerprint density at radius 1 is 1.17 bits per heavy atom. The number of benzene rings is 2. The molecule has 0 aromatic heterocycles. The highest BCUT2D eigenvalue weighted by molar-refractivity contribution is 7.98. The van der Waals surface area contributed by atoms with Gasteiger partial charge in [0.05, 0.1) is 0 Å². The second-order valence-electron chi connectivity index (χ2n) is 3.99. The molecule has 0 unspecified atom stereocenters. The predicted octanol–water partition coefficient (Wildman–Crippen LogP) is 4.60. The number of aryl methyl sites for hydroxylation is 1. The van der Waals surface area contributed by atoms with E-state index in [1.165, 1.54) is 0 Å². The van der Waals surface area contributed by atoms with Gasteiger partial charge in [-0.05, 0) is 36.9 Å². The fourth-order valence-corrected chi connectivity index (χ4v) is 2.50. The molecule has 2 aromatic carbocycles. The Kier molecular flexibility index (Phi) is 4.10. The first kappa shape index (κ1) is 13.2. The van der Waals surface area contributed by atoms with Gasteiger partial charge in [0.25, 0.3) is 0 Å². The van der Waals surface area contributed by atoms with E-state index in [1.807, 2.05) is 49.6 Å². The number of halogens is 1. The molecule has 0 radical (unpaired) electrons. The standard InChI is InChI=1S/C15H13ClOS/c1-10-7-8-11(9-13(10)16)15(17)12-5-3-4-6-14(12)18-2/h3-9H,1-2H3.